The summed E-state index contributed by atoms with van der Waals surface area (Å²) in [4.78, 5) is 42.8. The van der Waals surface area contributed by atoms with Crippen molar-refractivity contribution in [3.05, 3.63) is 39.7 Å². The van der Waals surface area contributed by atoms with Crippen molar-refractivity contribution in [3.8, 4) is 5.75 Å². The molecular weight excluding hydrogens is 591 g/mol. The van der Waals surface area contributed by atoms with Crippen LogP contribution in [0.25, 0.3) is 0 Å². The van der Waals surface area contributed by atoms with Gasteiger partial charge in [0.05, 0.1) is 23.1 Å². The summed E-state index contributed by atoms with van der Waals surface area (Å²) >= 11 is 6.60. The largest absolute Gasteiger partial charge is 0.487 e. The molecule has 0 bridgehead atoms. The van der Waals surface area contributed by atoms with Gasteiger partial charge in [-0.1, -0.05) is 31.4 Å². The van der Waals surface area contributed by atoms with Crippen molar-refractivity contribution < 1.29 is 37.4 Å². The molecule has 1 saturated carbocycles. The van der Waals surface area contributed by atoms with E-state index in [1.54, 1.807) is 22.8 Å². The molecule has 0 aromatic heterocycles. The van der Waals surface area contributed by atoms with Gasteiger partial charge in [-0.3, -0.25) is 14.4 Å². The lowest BCUT2D eigenvalue weighted by atomic mass is 9.66. The molecule has 1 aromatic rings. The molecule has 0 spiro atoms. The van der Waals surface area contributed by atoms with Crippen molar-refractivity contribution in [1.29, 1.82) is 0 Å². The third-order valence-electron chi connectivity index (χ3n) is 8.96. The Balaban J connectivity index is 1.77. The number of carboxylic acid groups (broad SMARTS) is 1. The highest BCUT2D eigenvalue weighted by Gasteiger charge is 2.50. The number of benzene rings is 1. The minimum absolute atomic E-state index is 0.0856. The van der Waals surface area contributed by atoms with Gasteiger partial charge >= 0.3 is 12.1 Å². The van der Waals surface area contributed by atoms with Gasteiger partial charge in [0.25, 0.3) is 0 Å². The average Bonchev–Trinajstić information content (AvgIpc) is 3.23. The lowest BCUT2D eigenvalue weighted by Crippen LogP contribution is -2.52. The van der Waals surface area contributed by atoms with E-state index in [2.05, 4.69) is 0 Å². The number of fused-ring (bicyclic) bond motifs is 1. The lowest BCUT2D eigenvalue weighted by Gasteiger charge is -2.45. The van der Waals surface area contributed by atoms with E-state index < -0.39 is 47.5 Å². The molecule has 1 aliphatic carbocycles. The Morgan fingerprint density at radius 3 is 2.56 bits per heavy atom. The zero-order valence-corrected chi connectivity index (χ0v) is 25.3. The van der Waals surface area contributed by atoms with E-state index >= 15 is 0 Å². The molecule has 5 N–H and O–H groups in total. The molecule has 4 atom stereocenters. The van der Waals surface area contributed by atoms with Gasteiger partial charge in [0.2, 0.25) is 11.8 Å². The summed E-state index contributed by atoms with van der Waals surface area (Å²) in [5.74, 6) is 3.42. The Hall–Kier alpha value is -3.19. The van der Waals surface area contributed by atoms with Crippen LogP contribution in [-0.2, 0) is 20.8 Å². The van der Waals surface area contributed by atoms with Crippen LogP contribution in [0.1, 0.15) is 63.1 Å². The Morgan fingerprint density at radius 1 is 1.28 bits per heavy atom. The highest BCUT2D eigenvalue weighted by Crippen LogP contribution is 2.46. The first-order chi connectivity index (χ1) is 20.1. The summed E-state index contributed by atoms with van der Waals surface area (Å²) in [5, 5.41) is 10.9. The smallest absolute Gasteiger partial charge is 0.434 e. The molecule has 2 aliphatic heterocycles. The number of carboxylic acids is 1. The van der Waals surface area contributed by atoms with Gasteiger partial charge in [0.1, 0.15) is 12.4 Å². The predicted octanol–water partition coefficient (Wildman–Crippen LogP) is 3.83. The molecular formula is C29H39ClF3N5O5. The molecule has 2 amide bonds. The number of rotatable bonds is 8. The number of alkyl halides is 3. The van der Waals surface area contributed by atoms with E-state index in [0.717, 1.165) is 7.05 Å². The van der Waals surface area contributed by atoms with Crippen LogP contribution in [0, 0.1) is 17.3 Å². The second-order valence-corrected chi connectivity index (χ2v) is 12.5. The summed E-state index contributed by atoms with van der Waals surface area (Å²) in [7, 11) is 1.02. The topological polar surface area (TPSA) is 142 Å². The van der Waals surface area contributed by atoms with Crippen LogP contribution in [0.3, 0.4) is 0 Å². The number of likely N-dealkylation sites (tertiary alicyclic amines) is 1. The van der Waals surface area contributed by atoms with Gasteiger partial charge in [-0.15, -0.1) is 0 Å². The average molecular weight is 630 g/mol. The second kappa shape index (κ2) is 12.4. The van der Waals surface area contributed by atoms with Gasteiger partial charge in [-0.25, -0.2) is 5.84 Å². The third kappa shape index (κ3) is 6.52. The number of hydrogen-bond donors (Lipinski definition) is 3. The van der Waals surface area contributed by atoms with Crippen molar-refractivity contribution in [3.63, 3.8) is 0 Å². The fourth-order valence-corrected chi connectivity index (χ4v) is 6.99. The molecule has 0 unspecified atom stereocenters. The number of nitrogens with two attached hydrogens (primary N) is 2. The molecule has 10 nitrogen and oxygen atoms in total. The first-order valence-corrected chi connectivity index (χ1v) is 14.7. The Morgan fingerprint density at radius 2 is 1.98 bits per heavy atom. The number of hydrogen-bond acceptors (Lipinski definition) is 7. The van der Waals surface area contributed by atoms with Crippen molar-refractivity contribution in [2.24, 2.45) is 28.8 Å². The van der Waals surface area contributed by atoms with Crippen LogP contribution in [0.5, 0.6) is 5.75 Å². The highest BCUT2D eigenvalue weighted by molar-refractivity contribution is 6.31. The van der Waals surface area contributed by atoms with Gasteiger partial charge in [-0.2, -0.15) is 13.2 Å². The predicted molar refractivity (Wildman–Crippen MR) is 152 cm³/mol. The summed E-state index contributed by atoms with van der Waals surface area (Å²) in [6.45, 7) is 3.67. The molecule has 2 heterocycles. The van der Waals surface area contributed by atoms with Gasteiger partial charge in [0, 0.05) is 43.7 Å². The zero-order chi connectivity index (χ0) is 31.9. The van der Waals surface area contributed by atoms with Crippen LogP contribution >= 0.6 is 11.6 Å². The molecule has 2 fully saturated rings. The fraction of sp³-hybridized carbons (Fsp3) is 0.621. The van der Waals surface area contributed by atoms with E-state index in [9.17, 15) is 32.7 Å². The van der Waals surface area contributed by atoms with E-state index in [1.807, 2.05) is 6.92 Å². The van der Waals surface area contributed by atoms with Crippen LogP contribution in [0.15, 0.2) is 23.5 Å². The third-order valence-corrected chi connectivity index (χ3v) is 9.31. The number of hydrazine groups is 1. The lowest BCUT2D eigenvalue weighted by molar-refractivity contribution is -0.162. The second-order valence-electron chi connectivity index (χ2n) is 12.1. The van der Waals surface area contributed by atoms with E-state index in [4.69, 9.17) is 27.9 Å². The van der Waals surface area contributed by atoms with Crippen LogP contribution < -0.4 is 16.3 Å². The molecule has 3 aliphatic rings. The van der Waals surface area contributed by atoms with Crippen molar-refractivity contribution in [2.75, 3.05) is 33.3 Å². The first-order valence-electron chi connectivity index (χ1n) is 14.4. The van der Waals surface area contributed by atoms with Crippen LogP contribution in [-0.4, -0.2) is 77.2 Å². The minimum atomic E-state index is -4.83. The fourth-order valence-electron chi connectivity index (χ4n) is 6.73. The maximum Gasteiger partial charge on any atom is 0.434 e. The monoisotopic (exact) mass is 629 g/mol. The number of ether oxygens (including phenoxy) is 1. The van der Waals surface area contributed by atoms with Crippen molar-refractivity contribution >= 4 is 29.4 Å². The molecule has 14 heteroatoms. The van der Waals surface area contributed by atoms with E-state index in [0.29, 0.717) is 66.2 Å². The molecule has 1 aromatic carbocycles. The number of amides is 2. The van der Waals surface area contributed by atoms with Crippen molar-refractivity contribution in [2.45, 2.75) is 64.6 Å². The Bertz CT molecular complexity index is 1310. The Labute approximate surface area is 253 Å². The number of nitrogens with zero attached hydrogens (tertiary/aromatic N) is 3. The van der Waals surface area contributed by atoms with Crippen LogP contribution in [0.2, 0.25) is 5.02 Å². The summed E-state index contributed by atoms with van der Waals surface area (Å²) in [5.41, 5.74) is 3.75. The normalized spacial score (nSPS) is 26.6. The number of halogens is 4. The first kappa shape index (κ1) is 32.7. The number of carbonyl (C=O) groups excluding carboxylic acids is 2. The summed E-state index contributed by atoms with van der Waals surface area (Å²) < 4.78 is 46.7. The summed E-state index contributed by atoms with van der Waals surface area (Å²) in [6.07, 6.45) is -2.01. The van der Waals surface area contributed by atoms with Gasteiger partial charge in [0.15, 0.2) is 5.70 Å². The highest BCUT2D eigenvalue weighted by atomic mass is 35.5. The maximum absolute atomic E-state index is 14.3. The maximum atomic E-state index is 14.3. The number of aliphatic carboxylic acids is 1. The molecule has 238 valence electrons. The Kier molecular flexibility index (Phi) is 9.46. The standard InChI is InChI=1S/C29H39ClF3N5O5/c1-16-12-23(39)37(13-16)14-21-24-17(9-11-38(21)26(40)18-6-4-5-10-28(18,2)27(41)42)19(30)7-8-22(24)43-15-20(34)25(36(3)35)29(31,32)33/h7-8,16,18,21H,4-6,9-15,34-35H2,1-3H3,(H,41,42)/b25-20-/t16-,18-,21-,28+/m1/s1. The molecule has 4 rings (SSSR count). The SMILES string of the molecule is C[C@@H]1CC(=O)N(C[C@@H]2c3c(OC/C(N)=C(/N(C)N)C(F)(F)F)ccc(Cl)c3CCN2C(=O)[C@H]2CCCC[C@]2(C)C(=O)O)C1. The van der Waals surface area contributed by atoms with Gasteiger partial charge in [-0.05, 0) is 49.8 Å². The minimum Gasteiger partial charge on any atom is -0.487 e. The number of allylic oxidation sites excluding steroid dienone is 1. The molecule has 0 radical (unpaired) electrons. The van der Waals surface area contributed by atoms with Crippen molar-refractivity contribution in [1.82, 2.24) is 14.8 Å². The molecule has 43 heavy (non-hydrogen) atoms. The summed E-state index contributed by atoms with van der Waals surface area (Å²) in [6, 6.07) is 2.30. The number of carbonyl (C=O) groups is 3. The molecule has 1 saturated heterocycles. The quantitative estimate of drug-likeness (QED) is 0.291. The van der Waals surface area contributed by atoms with Gasteiger partial charge < -0.3 is 30.4 Å². The van der Waals surface area contributed by atoms with E-state index in [1.165, 1.54) is 6.07 Å². The van der Waals surface area contributed by atoms with Crippen LogP contribution in [0.4, 0.5) is 13.2 Å². The zero-order valence-electron chi connectivity index (χ0n) is 24.5. The van der Waals surface area contributed by atoms with E-state index in [-0.39, 0.29) is 36.6 Å².